The summed E-state index contributed by atoms with van der Waals surface area (Å²) in [7, 11) is 0. The third kappa shape index (κ3) is 7.53. The monoisotopic (exact) mass is 424 g/mol. The van der Waals surface area contributed by atoms with Gasteiger partial charge in [0.1, 0.15) is 5.75 Å². The Morgan fingerprint density at radius 1 is 1.00 bits per heavy atom. The first-order chi connectivity index (χ1) is 12.9. The quantitative estimate of drug-likeness (QED) is 0.498. The summed E-state index contributed by atoms with van der Waals surface area (Å²) in [5.41, 5.74) is 1.15. The largest absolute Gasteiger partial charge is 0.507 e. The van der Waals surface area contributed by atoms with Crippen molar-refractivity contribution >= 4 is 17.7 Å². The number of aromatic hydroxyl groups is 1. The van der Waals surface area contributed by atoms with Gasteiger partial charge < -0.3 is 14.9 Å². The first kappa shape index (κ1) is 25.8. The van der Waals surface area contributed by atoms with E-state index in [9.17, 15) is 15.0 Å². The Bertz CT molecular complexity index is 670. The lowest BCUT2D eigenvalue weighted by atomic mass is 9.79. The molecule has 0 radical (unpaired) electrons. The third-order valence-electron chi connectivity index (χ3n) is 4.87. The van der Waals surface area contributed by atoms with Gasteiger partial charge in [-0.05, 0) is 41.7 Å². The van der Waals surface area contributed by atoms with Crippen molar-refractivity contribution in [2.24, 2.45) is 5.41 Å². The zero-order chi connectivity index (χ0) is 22.8. The molecule has 166 valence electrons. The number of thioether (sulfide) groups is 1. The van der Waals surface area contributed by atoms with Crippen LogP contribution in [0.5, 0.6) is 5.75 Å². The van der Waals surface area contributed by atoms with Gasteiger partial charge in [0.2, 0.25) is 0 Å². The molecule has 2 unspecified atom stereocenters. The molecular weight excluding hydrogens is 384 g/mol. The van der Waals surface area contributed by atoms with E-state index in [4.69, 9.17) is 4.74 Å². The average molecular weight is 425 g/mol. The number of phenols is 1. The van der Waals surface area contributed by atoms with E-state index >= 15 is 0 Å². The Hall–Kier alpha value is -1.20. The SMILES string of the molecule is CC(CCSc1cc(C(C)(C)C)c(O)c(C(C)(C)C)c1)OC(C(=O)O)C(C)(C)C. The topological polar surface area (TPSA) is 66.8 Å². The predicted molar refractivity (Wildman–Crippen MR) is 122 cm³/mol. The lowest BCUT2D eigenvalue weighted by Crippen LogP contribution is -2.39. The maximum Gasteiger partial charge on any atom is 0.333 e. The van der Waals surface area contributed by atoms with E-state index in [2.05, 4.69) is 53.7 Å². The van der Waals surface area contributed by atoms with Gasteiger partial charge in [0.25, 0.3) is 0 Å². The summed E-state index contributed by atoms with van der Waals surface area (Å²) in [6, 6.07) is 4.16. The maximum absolute atomic E-state index is 11.5. The number of aliphatic carboxylic acids is 1. The highest BCUT2D eigenvalue weighted by molar-refractivity contribution is 7.99. The van der Waals surface area contributed by atoms with Crippen LogP contribution in [0, 0.1) is 5.41 Å². The molecule has 0 bridgehead atoms. The van der Waals surface area contributed by atoms with Crippen LogP contribution >= 0.6 is 11.8 Å². The van der Waals surface area contributed by atoms with Crippen molar-refractivity contribution in [3.05, 3.63) is 23.3 Å². The number of phenolic OH excluding ortho intramolecular Hbond substituents is 1. The van der Waals surface area contributed by atoms with Crippen LogP contribution < -0.4 is 0 Å². The second-order valence-electron chi connectivity index (χ2n) is 11.0. The molecule has 0 aromatic heterocycles. The van der Waals surface area contributed by atoms with E-state index in [1.807, 2.05) is 27.7 Å². The molecule has 0 aliphatic rings. The first-order valence-electron chi connectivity index (χ1n) is 10.3. The molecule has 2 atom stereocenters. The fourth-order valence-electron chi connectivity index (χ4n) is 3.11. The lowest BCUT2D eigenvalue weighted by molar-refractivity contribution is -0.163. The van der Waals surface area contributed by atoms with Gasteiger partial charge >= 0.3 is 5.97 Å². The van der Waals surface area contributed by atoms with Gasteiger partial charge in [0.15, 0.2) is 6.10 Å². The number of carboxylic acids is 1. The number of benzene rings is 1. The van der Waals surface area contributed by atoms with Crippen molar-refractivity contribution in [3.63, 3.8) is 0 Å². The fraction of sp³-hybridized carbons (Fsp3) is 0.708. The Morgan fingerprint density at radius 2 is 1.45 bits per heavy atom. The highest BCUT2D eigenvalue weighted by Crippen LogP contribution is 2.42. The number of carbonyl (C=O) groups is 1. The van der Waals surface area contributed by atoms with E-state index in [1.165, 1.54) is 0 Å². The zero-order valence-electron chi connectivity index (χ0n) is 19.8. The normalized spacial score (nSPS) is 15.2. The molecule has 0 aliphatic carbocycles. The Balaban J connectivity index is 2.93. The molecule has 0 spiro atoms. The van der Waals surface area contributed by atoms with Crippen LogP contribution in [0.4, 0.5) is 0 Å². The van der Waals surface area contributed by atoms with Crippen molar-refractivity contribution in [1.82, 2.24) is 0 Å². The van der Waals surface area contributed by atoms with Crippen molar-refractivity contribution in [2.75, 3.05) is 5.75 Å². The van der Waals surface area contributed by atoms with Crippen LogP contribution in [0.3, 0.4) is 0 Å². The number of rotatable bonds is 7. The highest BCUT2D eigenvalue weighted by Gasteiger charge is 2.33. The number of hydrogen-bond donors (Lipinski definition) is 2. The van der Waals surface area contributed by atoms with E-state index in [1.54, 1.807) is 11.8 Å². The van der Waals surface area contributed by atoms with Gasteiger partial charge in [-0.15, -0.1) is 11.8 Å². The molecule has 4 nitrogen and oxygen atoms in total. The minimum atomic E-state index is -0.917. The molecule has 0 amide bonds. The minimum absolute atomic E-state index is 0.149. The summed E-state index contributed by atoms with van der Waals surface area (Å²) in [5.74, 6) is 0.288. The van der Waals surface area contributed by atoms with Gasteiger partial charge in [0.05, 0.1) is 6.10 Å². The van der Waals surface area contributed by atoms with Gasteiger partial charge in [-0.2, -0.15) is 0 Å². The molecule has 1 rings (SSSR count). The van der Waals surface area contributed by atoms with Crippen LogP contribution in [0.15, 0.2) is 17.0 Å². The summed E-state index contributed by atoms with van der Waals surface area (Å²) in [5, 5.41) is 20.3. The standard InChI is InChI=1S/C24H40O4S/c1-15(28-20(21(26)27)24(8,9)10)11-12-29-16-13-17(22(2,3)4)19(25)18(14-16)23(5,6)7/h13-15,20,25H,11-12H2,1-10H3,(H,26,27). The first-order valence-corrected chi connectivity index (χ1v) is 11.3. The summed E-state index contributed by atoms with van der Waals surface area (Å²) >= 11 is 1.72. The number of ether oxygens (including phenoxy) is 1. The molecule has 0 fully saturated rings. The van der Waals surface area contributed by atoms with Gasteiger partial charge in [-0.3, -0.25) is 0 Å². The molecule has 2 N–H and O–H groups in total. The minimum Gasteiger partial charge on any atom is -0.507 e. The lowest BCUT2D eigenvalue weighted by Gasteiger charge is -2.30. The van der Waals surface area contributed by atoms with E-state index in [-0.39, 0.29) is 16.9 Å². The molecule has 0 heterocycles. The molecule has 0 saturated heterocycles. The Labute approximate surface area is 181 Å². The second-order valence-corrected chi connectivity index (χ2v) is 12.2. The summed E-state index contributed by atoms with van der Waals surface area (Å²) < 4.78 is 5.84. The van der Waals surface area contributed by atoms with Crippen molar-refractivity contribution < 1.29 is 19.7 Å². The second kappa shape index (κ2) is 9.30. The van der Waals surface area contributed by atoms with E-state index in [0.717, 1.165) is 28.2 Å². The Kier molecular flexibility index (Phi) is 8.28. The van der Waals surface area contributed by atoms with Gasteiger partial charge in [0, 0.05) is 21.8 Å². The van der Waals surface area contributed by atoms with Crippen molar-refractivity contribution in [1.29, 1.82) is 0 Å². The predicted octanol–water partition coefficient (Wildman–Crippen LogP) is 6.37. The van der Waals surface area contributed by atoms with Gasteiger partial charge in [-0.1, -0.05) is 62.3 Å². The van der Waals surface area contributed by atoms with Crippen molar-refractivity contribution in [2.45, 2.75) is 104 Å². The molecule has 0 saturated carbocycles. The van der Waals surface area contributed by atoms with Crippen LogP contribution in [0.25, 0.3) is 0 Å². The van der Waals surface area contributed by atoms with Crippen LogP contribution in [0.2, 0.25) is 0 Å². The molecule has 1 aromatic rings. The summed E-state index contributed by atoms with van der Waals surface area (Å²) in [6.07, 6.45) is -0.221. The molecular formula is C24H40O4S. The molecule has 0 aliphatic heterocycles. The summed E-state index contributed by atoms with van der Waals surface area (Å²) in [4.78, 5) is 12.6. The fourth-order valence-corrected chi connectivity index (χ4v) is 4.20. The van der Waals surface area contributed by atoms with E-state index in [0.29, 0.717) is 5.75 Å². The smallest absolute Gasteiger partial charge is 0.333 e. The Morgan fingerprint density at radius 3 is 1.79 bits per heavy atom. The van der Waals surface area contributed by atoms with Crippen LogP contribution in [-0.4, -0.2) is 34.1 Å². The number of carboxylic acid groups (broad SMARTS) is 1. The van der Waals surface area contributed by atoms with E-state index < -0.39 is 17.5 Å². The van der Waals surface area contributed by atoms with Crippen molar-refractivity contribution in [3.8, 4) is 5.75 Å². The molecule has 5 heteroatoms. The van der Waals surface area contributed by atoms with Crippen LogP contribution in [0.1, 0.15) is 86.8 Å². The van der Waals surface area contributed by atoms with Crippen LogP contribution in [-0.2, 0) is 20.4 Å². The zero-order valence-corrected chi connectivity index (χ0v) is 20.7. The van der Waals surface area contributed by atoms with Gasteiger partial charge in [-0.25, -0.2) is 4.79 Å². The average Bonchev–Trinajstić information content (AvgIpc) is 2.50. The molecule has 29 heavy (non-hydrogen) atoms. The summed E-state index contributed by atoms with van der Waals surface area (Å²) in [6.45, 7) is 20.2. The number of hydrogen-bond acceptors (Lipinski definition) is 4. The highest BCUT2D eigenvalue weighted by atomic mass is 32.2. The third-order valence-corrected chi connectivity index (χ3v) is 5.88. The molecule has 1 aromatic carbocycles. The maximum atomic E-state index is 11.5.